The van der Waals surface area contributed by atoms with Crippen LogP contribution in [0, 0.1) is 12.8 Å². The SMILES string of the molecule is Cc1cccc(N(CC(=O)Nc2ccc(-c3cocn3)cc2)C(=O)C2CCSCC2)c1. The van der Waals surface area contributed by atoms with Crippen molar-refractivity contribution in [3.8, 4) is 11.3 Å². The summed E-state index contributed by atoms with van der Waals surface area (Å²) in [6.07, 6.45) is 4.67. The molecule has 1 aliphatic rings. The van der Waals surface area contributed by atoms with E-state index in [2.05, 4.69) is 10.3 Å². The largest absolute Gasteiger partial charge is 0.451 e. The lowest BCUT2D eigenvalue weighted by Gasteiger charge is -2.29. The number of carbonyl (C=O) groups is 2. The molecule has 0 aliphatic carbocycles. The van der Waals surface area contributed by atoms with Crippen LogP contribution in [0.4, 0.5) is 11.4 Å². The number of oxazole rings is 1. The van der Waals surface area contributed by atoms with Gasteiger partial charge in [0.2, 0.25) is 11.8 Å². The van der Waals surface area contributed by atoms with E-state index < -0.39 is 0 Å². The van der Waals surface area contributed by atoms with Crippen molar-refractivity contribution in [1.82, 2.24) is 4.98 Å². The number of nitrogens with one attached hydrogen (secondary N) is 1. The average molecular weight is 436 g/mol. The van der Waals surface area contributed by atoms with E-state index in [1.54, 1.807) is 11.2 Å². The van der Waals surface area contributed by atoms with Gasteiger partial charge in [0.25, 0.3) is 0 Å². The molecule has 160 valence electrons. The van der Waals surface area contributed by atoms with Crippen LogP contribution in [0.1, 0.15) is 18.4 Å². The zero-order chi connectivity index (χ0) is 21.6. The first-order valence-electron chi connectivity index (χ1n) is 10.3. The van der Waals surface area contributed by atoms with E-state index in [9.17, 15) is 9.59 Å². The molecule has 0 saturated carbocycles. The van der Waals surface area contributed by atoms with E-state index in [-0.39, 0.29) is 24.3 Å². The predicted molar refractivity (Wildman–Crippen MR) is 124 cm³/mol. The summed E-state index contributed by atoms with van der Waals surface area (Å²) < 4.78 is 5.01. The third-order valence-electron chi connectivity index (χ3n) is 5.35. The highest BCUT2D eigenvalue weighted by Gasteiger charge is 2.28. The molecule has 1 aliphatic heterocycles. The molecule has 2 heterocycles. The van der Waals surface area contributed by atoms with E-state index in [1.807, 2.05) is 67.2 Å². The summed E-state index contributed by atoms with van der Waals surface area (Å²) in [5.41, 5.74) is 4.12. The van der Waals surface area contributed by atoms with E-state index in [0.717, 1.165) is 46.9 Å². The van der Waals surface area contributed by atoms with Crippen LogP contribution in [0.25, 0.3) is 11.3 Å². The Morgan fingerprint density at radius 3 is 2.61 bits per heavy atom. The number of anilines is 2. The Morgan fingerprint density at radius 1 is 1.16 bits per heavy atom. The minimum absolute atomic E-state index is 0.0169. The molecule has 1 aromatic heterocycles. The summed E-state index contributed by atoms with van der Waals surface area (Å²) in [6, 6.07) is 15.1. The molecule has 0 bridgehead atoms. The molecule has 4 rings (SSSR count). The summed E-state index contributed by atoms with van der Waals surface area (Å²) in [7, 11) is 0. The number of hydrogen-bond donors (Lipinski definition) is 1. The molecule has 3 aromatic rings. The van der Waals surface area contributed by atoms with Crippen molar-refractivity contribution >= 4 is 35.0 Å². The number of aryl methyl sites for hydroxylation is 1. The molecule has 1 fully saturated rings. The monoisotopic (exact) mass is 435 g/mol. The average Bonchev–Trinajstić information content (AvgIpc) is 3.33. The Hall–Kier alpha value is -3.06. The Morgan fingerprint density at radius 2 is 1.94 bits per heavy atom. The standard InChI is InChI=1S/C24H25N3O3S/c1-17-3-2-4-21(13-17)27(24(29)19-9-11-31-12-10-19)14-23(28)26-20-7-5-18(6-8-20)22-15-30-16-25-22/h2-8,13,15-16,19H,9-12,14H2,1H3,(H,26,28). The molecular weight excluding hydrogens is 410 g/mol. The second kappa shape index (κ2) is 9.83. The molecule has 2 amide bonds. The van der Waals surface area contributed by atoms with E-state index in [4.69, 9.17) is 4.42 Å². The van der Waals surface area contributed by atoms with Crippen molar-refractivity contribution in [2.75, 3.05) is 28.3 Å². The van der Waals surface area contributed by atoms with Gasteiger partial charge in [0.05, 0.1) is 0 Å². The van der Waals surface area contributed by atoms with Crippen LogP contribution in [0.3, 0.4) is 0 Å². The Balaban J connectivity index is 1.48. The van der Waals surface area contributed by atoms with Gasteiger partial charge in [-0.25, -0.2) is 4.98 Å². The zero-order valence-electron chi connectivity index (χ0n) is 17.4. The Kier molecular flexibility index (Phi) is 6.72. The Labute approximate surface area is 186 Å². The first kappa shape index (κ1) is 21.2. The summed E-state index contributed by atoms with van der Waals surface area (Å²) in [6.45, 7) is 1.97. The molecule has 7 heteroatoms. The maximum absolute atomic E-state index is 13.3. The van der Waals surface area contributed by atoms with Gasteiger partial charge in [-0.3, -0.25) is 9.59 Å². The fourth-order valence-corrected chi connectivity index (χ4v) is 4.79. The van der Waals surface area contributed by atoms with Crippen LogP contribution >= 0.6 is 11.8 Å². The minimum Gasteiger partial charge on any atom is -0.451 e. The van der Waals surface area contributed by atoms with Gasteiger partial charge in [0, 0.05) is 22.9 Å². The van der Waals surface area contributed by atoms with Gasteiger partial charge in [0.1, 0.15) is 18.5 Å². The number of aromatic nitrogens is 1. The van der Waals surface area contributed by atoms with Crippen molar-refractivity contribution < 1.29 is 14.0 Å². The smallest absolute Gasteiger partial charge is 0.244 e. The van der Waals surface area contributed by atoms with Gasteiger partial charge < -0.3 is 14.6 Å². The maximum atomic E-state index is 13.3. The fraction of sp³-hybridized carbons (Fsp3) is 0.292. The Bertz CT molecular complexity index is 1030. The van der Waals surface area contributed by atoms with Gasteiger partial charge in [-0.2, -0.15) is 11.8 Å². The van der Waals surface area contributed by atoms with Crippen molar-refractivity contribution in [2.24, 2.45) is 5.92 Å². The fourth-order valence-electron chi connectivity index (χ4n) is 3.68. The molecule has 0 unspecified atom stereocenters. The van der Waals surface area contributed by atoms with E-state index in [0.29, 0.717) is 5.69 Å². The van der Waals surface area contributed by atoms with E-state index in [1.165, 1.54) is 6.39 Å². The second-order valence-corrected chi connectivity index (χ2v) is 8.87. The minimum atomic E-state index is -0.228. The maximum Gasteiger partial charge on any atom is 0.244 e. The quantitative estimate of drug-likeness (QED) is 0.604. The van der Waals surface area contributed by atoms with Gasteiger partial charge in [-0.1, -0.05) is 24.3 Å². The first-order valence-corrected chi connectivity index (χ1v) is 11.5. The predicted octanol–water partition coefficient (Wildman–Crippen LogP) is 4.76. The normalized spacial score (nSPS) is 14.2. The summed E-state index contributed by atoms with van der Waals surface area (Å²) >= 11 is 1.88. The van der Waals surface area contributed by atoms with Gasteiger partial charge in [0.15, 0.2) is 6.39 Å². The highest BCUT2D eigenvalue weighted by atomic mass is 32.2. The summed E-state index contributed by atoms with van der Waals surface area (Å²) in [5.74, 6) is 1.75. The zero-order valence-corrected chi connectivity index (χ0v) is 18.2. The number of nitrogens with zero attached hydrogens (tertiary/aromatic N) is 2. The van der Waals surface area contributed by atoms with Crippen LogP contribution < -0.4 is 10.2 Å². The summed E-state index contributed by atoms with van der Waals surface area (Å²) in [4.78, 5) is 31.9. The number of carbonyl (C=O) groups excluding carboxylic acids is 2. The molecule has 1 saturated heterocycles. The number of amides is 2. The lowest BCUT2D eigenvalue weighted by Crippen LogP contribution is -2.42. The molecule has 2 aromatic carbocycles. The van der Waals surface area contributed by atoms with Crippen LogP contribution in [0.5, 0.6) is 0 Å². The van der Waals surface area contributed by atoms with E-state index >= 15 is 0 Å². The number of thioether (sulfide) groups is 1. The van der Waals surface area contributed by atoms with Crippen molar-refractivity contribution in [3.63, 3.8) is 0 Å². The molecule has 31 heavy (non-hydrogen) atoms. The third kappa shape index (κ3) is 5.35. The lowest BCUT2D eigenvalue weighted by atomic mass is 10.0. The number of benzene rings is 2. The molecular formula is C24H25N3O3S. The number of hydrogen-bond acceptors (Lipinski definition) is 5. The molecule has 0 spiro atoms. The molecule has 0 radical (unpaired) electrons. The van der Waals surface area contributed by atoms with Gasteiger partial charge in [-0.15, -0.1) is 0 Å². The summed E-state index contributed by atoms with van der Waals surface area (Å²) in [5, 5.41) is 2.91. The van der Waals surface area contributed by atoms with Gasteiger partial charge in [-0.05, 0) is 61.1 Å². The second-order valence-electron chi connectivity index (χ2n) is 7.65. The molecule has 0 atom stereocenters. The third-order valence-corrected chi connectivity index (χ3v) is 6.40. The lowest BCUT2D eigenvalue weighted by molar-refractivity contribution is -0.124. The van der Waals surface area contributed by atoms with Crippen molar-refractivity contribution in [3.05, 3.63) is 66.8 Å². The topological polar surface area (TPSA) is 75.4 Å². The van der Waals surface area contributed by atoms with Crippen LogP contribution in [0.2, 0.25) is 0 Å². The highest BCUT2D eigenvalue weighted by molar-refractivity contribution is 7.99. The first-order chi connectivity index (χ1) is 15.1. The van der Waals surface area contributed by atoms with Crippen molar-refractivity contribution in [1.29, 1.82) is 0 Å². The van der Waals surface area contributed by atoms with Crippen molar-refractivity contribution in [2.45, 2.75) is 19.8 Å². The molecule has 1 N–H and O–H groups in total. The number of rotatable bonds is 6. The van der Waals surface area contributed by atoms with Gasteiger partial charge >= 0.3 is 0 Å². The van der Waals surface area contributed by atoms with Crippen LogP contribution in [-0.2, 0) is 9.59 Å². The van der Waals surface area contributed by atoms with Crippen LogP contribution in [0.15, 0.2) is 65.6 Å². The molecule has 6 nitrogen and oxygen atoms in total. The van der Waals surface area contributed by atoms with Crippen LogP contribution in [-0.4, -0.2) is 34.8 Å². The highest BCUT2D eigenvalue weighted by Crippen LogP contribution is 2.27.